The van der Waals surface area contributed by atoms with Crippen LogP contribution in [-0.4, -0.2) is 19.1 Å². The van der Waals surface area contributed by atoms with E-state index < -0.39 is 0 Å². The van der Waals surface area contributed by atoms with Crippen molar-refractivity contribution in [2.75, 3.05) is 7.11 Å². The van der Waals surface area contributed by atoms with Gasteiger partial charge in [-0.2, -0.15) is 0 Å². The molecule has 0 radical (unpaired) electrons. The third kappa shape index (κ3) is 3.30. The molecule has 1 heterocycles. The van der Waals surface area contributed by atoms with E-state index >= 15 is 0 Å². The zero-order chi connectivity index (χ0) is 14.0. The quantitative estimate of drug-likeness (QED) is 0.864. The molecule has 0 aliphatic heterocycles. The number of carbonyl (C=O) groups excluding carboxylic acids is 1. The van der Waals surface area contributed by atoms with Crippen LogP contribution in [0.5, 0.6) is 0 Å². The highest BCUT2D eigenvalue weighted by Gasteiger charge is 2.29. The van der Waals surface area contributed by atoms with Gasteiger partial charge < -0.3 is 4.74 Å². The number of methoxy groups -OCH3 is 1. The number of nitrogens with one attached hydrogen (secondary N) is 1. The summed E-state index contributed by atoms with van der Waals surface area (Å²) in [6.07, 6.45) is 3.27. The summed E-state index contributed by atoms with van der Waals surface area (Å²) in [7, 11) is 1.44. The van der Waals surface area contributed by atoms with E-state index in [1.165, 1.54) is 17.6 Å². The molecule has 0 aromatic carbocycles. The van der Waals surface area contributed by atoms with E-state index in [9.17, 15) is 4.79 Å². The lowest BCUT2D eigenvalue weighted by atomic mass is 9.92. The predicted octanol–water partition coefficient (Wildman–Crippen LogP) is 3.57. The number of hydrogen-bond acceptors (Lipinski definition) is 4. The van der Waals surface area contributed by atoms with Crippen LogP contribution in [-0.2, 0) is 16.0 Å². The van der Waals surface area contributed by atoms with Gasteiger partial charge >= 0.3 is 5.97 Å². The Bertz CT molecular complexity index is 458. The average molecular weight is 302 g/mol. The normalized spacial score (nSPS) is 20.2. The van der Waals surface area contributed by atoms with E-state index in [4.69, 9.17) is 16.3 Å². The molecule has 0 bridgehead atoms. The van der Waals surface area contributed by atoms with Crippen molar-refractivity contribution < 1.29 is 9.53 Å². The molecule has 5 heteroatoms. The number of halogens is 1. The smallest absolute Gasteiger partial charge is 0.323 e. The van der Waals surface area contributed by atoms with E-state index in [0.717, 1.165) is 23.6 Å². The molecule has 1 unspecified atom stereocenters. The predicted molar refractivity (Wildman–Crippen MR) is 78.8 cm³/mol. The van der Waals surface area contributed by atoms with Gasteiger partial charge in [0.2, 0.25) is 0 Å². The number of thiophene rings is 1. The Balaban J connectivity index is 2.16. The molecule has 0 amide bonds. The van der Waals surface area contributed by atoms with Crippen LogP contribution >= 0.6 is 22.9 Å². The minimum Gasteiger partial charge on any atom is -0.468 e. The number of fused-ring (bicyclic) bond motifs is 1. The SMILES string of the molecule is COC(=O)[C@@H](NC1CCCc2sc(Cl)cc21)C(C)C. The molecule has 106 valence electrons. The first kappa shape index (κ1) is 14.8. The van der Waals surface area contributed by atoms with E-state index in [0.29, 0.717) is 0 Å². The van der Waals surface area contributed by atoms with Crippen LogP contribution in [0.1, 0.15) is 43.2 Å². The van der Waals surface area contributed by atoms with Crippen molar-refractivity contribution in [3.63, 3.8) is 0 Å². The zero-order valence-corrected chi connectivity index (χ0v) is 13.1. The van der Waals surface area contributed by atoms with Crippen molar-refractivity contribution in [1.82, 2.24) is 5.32 Å². The van der Waals surface area contributed by atoms with Crippen LogP contribution in [0.3, 0.4) is 0 Å². The second-order valence-corrected chi connectivity index (χ2v) is 7.05. The van der Waals surface area contributed by atoms with Crippen molar-refractivity contribution >= 4 is 28.9 Å². The largest absolute Gasteiger partial charge is 0.468 e. The molecular weight excluding hydrogens is 282 g/mol. The summed E-state index contributed by atoms with van der Waals surface area (Å²) in [6.45, 7) is 4.05. The first-order valence-electron chi connectivity index (χ1n) is 6.65. The summed E-state index contributed by atoms with van der Waals surface area (Å²) in [6, 6.07) is 1.98. The lowest BCUT2D eigenvalue weighted by Gasteiger charge is -2.29. The Morgan fingerprint density at radius 2 is 2.32 bits per heavy atom. The van der Waals surface area contributed by atoms with Crippen LogP contribution in [0.15, 0.2) is 6.07 Å². The van der Waals surface area contributed by atoms with Gasteiger partial charge in [0.25, 0.3) is 0 Å². The summed E-state index contributed by atoms with van der Waals surface area (Å²) in [5.74, 6) is 0.00961. The highest BCUT2D eigenvalue weighted by atomic mass is 35.5. The summed E-state index contributed by atoms with van der Waals surface area (Å²) >= 11 is 7.76. The summed E-state index contributed by atoms with van der Waals surface area (Å²) in [5, 5.41) is 3.45. The highest BCUT2D eigenvalue weighted by molar-refractivity contribution is 7.16. The van der Waals surface area contributed by atoms with Crippen molar-refractivity contribution in [3.05, 3.63) is 20.8 Å². The maximum Gasteiger partial charge on any atom is 0.323 e. The van der Waals surface area contributed by atoms with Gasteiger partial charge in [0.05, 0.1) is 11.4 Å². The Kier molecular flexibility index (Phi) is 4.87. The van der Waals surface area contributed by atoms with Crippen molar-refractivity contribution in [1.29, 1.82) is 0 Å². The molecular formula is C14H20ClNO2S. The van der Waals surface area contributed by atoms with Gasteiger partial charge in [0.15, 0.2) is 0 Å². The number of ether oxygens (including phenoxy) is 1. The van der Waals surface area contributed by atoms with E-state index in [1.54, 1.807) is 11.3 Å². The molecule has 1 aliphatic rings. The Morgan fingerprint density at radius 3 is 2.95 bits per heavy atom. The van der Waals surface area contributed by atoms with Crippen LogP contribution in [0, 0.1) is 5.92 Å². The molecule has 1 aromatic rings. The molecule has 1 N–H and O–H groups in total. The molecule has 1 aliphatic carbocycles. The fraction of sp³-hybridized carbons (Fsp3) is 0.643. The Morgan fingerprint density at radius 1 is 1.58 bits per heavy atom. The van der Waals surface area contributed by atoms with Gasteiger partial charge in [-0.3, -0.25) is 10.1 Å². The van der Waals surface area contributed by atoms with Crippen LogP contribution < -0.4 is 5.32 Å². The molecule has 1 aromatic heterocycles. The van der Waals surface area contributed by atoms with Gasteiger partial charge in [0.1, 0.15) is 6.04 Å². The van der Waals surface area contributed by atoms with Crippen LogP contribution in [0.4, 0.5) is 0 Å². The maximum absolute atomic E-state index is 11.8. The number of rotatable bonds is 4. The first-order chi connectivity index (χ1) is 9.02. The zero-order valence-electron chi connectivity index (χ0n) is 11.5. The third-order valence-corrected chi connectivity index (χ3v) is 4.93. The second kappa shape index (κ2) is 6.25. The molecule has 3 nitrogen and oxygen atoms in total. The number of esters is 1. The fourth-order valence-corrected chi connectivity index (χ4v) is 3.95. The lowest BCUT2D eigenvalue weighted by Crippen LogP contribution is -2.44. The standard InChI is InChI=1S/C14H20ClNO2S/c1-8(2)13(14(17)18-3)16-10-5-4-6-11-9(10)7-12(15)19-11/h7-8,10,13,16H,4-6H2,1-3H3/t10?,13-/m0/s1. The molecule has 0 saturated carbocycles. The van der Waals surface area contributed by atoms with Crippen LogP contribution in [0.2, 0.25) is 4.34 Å². The van der Waals surface area contributed by atoms with Crippen LogP contribution in [0.25, 0.3) is 0 Å². The van der Waals surface area contributed by atoms with Gasteiger partial charge in [-0.25, -0.2) is 0 Å². The van der Waals surface area contributed by atoms with Crippen molar-refractivity contribution in [3.8, 4) is 0 Å². The molecule has 2 atom stereocenters. The third-order valence-electron chi connectivity index (χ3n) is 3.59. The molecule has 2 rings (SSSR count). The minimum absolute atomic E-state index is 0.191. The molecule has 19 heavy (non-hydrogen) atoms. The minimum atomic E-state index is -0.264. The topological polar surface area (TPSA) is 38.3 Å². The molecule has 0 fully saturated rings. The van der Waals surface area contributed by atoms with E-state index in [-0.39, 0.29) is 24.0 Å². The fourth-order valence-electron chi connectivity index (χ4n) is 2.57. The Labute approximate surface area is 123 Å². The van der Waals surface area contributed by atoms with Gasteiger partial charge in [-0.1, -0.05) is 25.4 Å². The van der Waals surface area contributed by atoms with Gasteiger partial charge in [-0.15, -0.1) is 11.3 Å². The molecule has 0 spiro atoms. The van der Waals surface area contributed by atoms with Gasteiger partial charge in [-0.05, 0) is 36.8 Å². The van der Waals surface area contributed by atoms with Crippen molar-refractivity contribution in [2.45, 2.75) is 45.2 Å². The number of hydrogen-bond donors (Lipinski definition) is 1. The van der Waals surface area contributed by atoms with E-state index in [1.807, 2.05) is 19.9 Å². The van der Waals surface area contributed by atoms with Crippen molar-refractivity contribution in [2.24, 2.45) is 5.92 Å². The highest BCUT2D eigenvalue weighted by Crippen LogP contribution is 2.38. The molecule has 0 saturated heterocycles. The average Bonchev–Trinajstić information content (AvgIpc) is 2.75. The van der Waals surface area contributed by atoms with Gasteiger partial charge in [0, 0.05) is 10.9 Å². The summed E-state index contributed by atoms with van der Waals surface area (Å²) < 4.78 is 5.71. The Hall–Kier alpha value is -0.580. The maximum atomic E-state index is 11.8. The second-order valence-electron chi connectivity index (χ2n) is 5.29. The summed E-state index contributed by atoms with van der Waals surface area (Å²) in [4.78, 5) is 13.2. The number of carbonyl (C=O) groups is 1. The van der Waals surface area contributed by atoms with E-state index in [2.05, 4.69) is 5.32 Å². The summed E-state index contributed by atoms with van der Waals surface area (Å²) in [5.41, 5.74) is 1.26. The number of aryl methyl sites for hydroxylation is 1. The lowest BCUT2D eigenvalue weighted by molar-refractivity contribution is -0.144. The monoisotopic (exact) mass is 301 g/mol. The first-order valence-corrected chi connectivity index (χ1v) is 7.84.